The Balaban J connectivity index is 1.88. The van der Waals surface area contributed by atoms with Crippen LogP contribution in [0.4, 0.5) is 10.1 Å². The van der Waals surface area contributed by atoms with Crippen molar-refractivity contribution in [1.29, 1.82) is 5.26 Å². The Morgan fingerprint density at radius 2 is 2.09 bits per heavy atom. The number of allylic oxidation sites excluding steroid dienone is 1. The molecule has 1 aliphatic heterocycles. The Bertz CT molecular complexity index is 1200. The highest BCUT2D eigenvalue weighted by molar-refractivity contribution is 9.10. The van der Waals surface area contributed by atoms with Crippen molar-refractivity contribution in [2.75, 3.05) is 18.2 Å². The first-order chi connectivity index (χ1) is 15.7. The van der Waals surface area contributed by atoms with Gasteiger partial charge in [0.25, 0.3) is 0 Å². The number of nitriles is 1. The Morgan fingerprint density at radius 3 is 2.73 bits per heavy atom. The molecule has 11 heteroatoms. The Kier molecular flexibility index (Phi) is 8.13. The van der Waals surface area contributed by atoms with Gasteiger partial charge in [-0.05, 0) is 35.9 Å². The molecule has 170 valence electrons. The molecule has 1 heterocycles. The van der Waals surface area contributed by atoms with Crippen LogP contribution in [0, 0.1) is 23.1 Å². The smallest absolute Gasteiger partial charge is 0.319 e. The molecule has 2 atom stereocenters. The molecule has 1 aliphatic rings. The van der Waals surface area contributed by atoms with E-state index < -0.39 is 35.4 Å². The maximum Gasteiger partial charge on any atom is 0.319 e. The van der Waals surface area contributed by atoms with E-state index in [4.69, 9.17) is 16.3 Å². The van der Waals surface area contributed by atoms with Gasteiger partial charge in [-0.15, -0.1) is 0 Å². The summed E-state index contributed by atoms with van der Waals surface area (Å²) < 4.78 is 18.8. The van der Waals surface area contributed by atoms with E-state index in [1.165, 1.54) is 19.2 Å². The van der Waals surface area contributed by atoms with Crippen molar-refractivity contribution >= 4 is 62.8 Å². The van der Waals surface area contributed by atoms with Gasteiger partial charge in [-0.2, -0.15) is 5.26 Å². The van der Waals surface area contributed by atoms with Crippen LogP contribution in [0.5, 0.6) is 0 Å². The minimum Gasteiger partial charge on any atom is -0.468 e. The highest BCUT2D eigenvalue weighted by atomic mass is 79.9. The lowest BCUT2D eigenvalue weighted by Gasteiger charge is -2.31. The maximum atomic E-state index is 13.3. The minimum absolute atomic E-state index is 0.130. The van der Waals surface area contributed by atoms with Crippen LogP contribution < -0.4 is 10.6 Å². The number of nitrogens with zero attached hydrogens (tertiary/aromatic N) is 1. The molecular formula is C22H16BrClFN3O4S. The summed E-state index contributed by atoms with van der Waals surface area (Å²) in [7, 11) is 1.17. The molecule has 0 aromatic heterocycles. The number of hydrogen-bond acceptors (Lipinski definition) is 6. The number of hydrogen-bond donors (Lipinski definition) is 2. The van der Waals surface area contributed by atoms with E-state index in [0.29, 0.717) is 15.7 Å². The highest BCUT2D eigenvalue weighted by Crippen LogP contribution is 2.40. The molecule has 0 fully saturated rings. The van der Waals surface area contributed by atoms with E-state index in [-0.39, 0.29) is 21.4 Å². The predicted molar refractivity (Wildman–Crippen MR) is 126 cm³/mol. The molecule has 0 unspecified atom stereocenters. The number of thioether (sulfide) groups is 1. The fourth-order valence-electron chi connectivity index (χ4n) is 3.29. The standard InChI is InChI=1S/C22H16BrClFN3O4S/c1-32-22(31)19-18(11-3-2-4-12(23)7-11)14(9-26)21(28-20(19)30)33-10-17(29)27-13-5-6-16(25)15(24)8-13/h2-8,18-19H,10H2,1H3,(H,27,29)(H,28,30)/t18-,19+/m1/s1. The van der Waals surface area contributed by atoms with E-state index in [1.54, 1.807) is 24.3 Å². The van der Waals surface area contributed by atoms with Crippen LogP contribution in [0.2, 0.25) is 5.02 Å². The number of methoxy groups -OCH3 is 1. The van der Waals surface area contributed by atoms with E-state index in [9.17, 15) is 24.0 Å². The monoisotopic (exact) mass is 551 g/mol. The first-order valence-corrected chi connectivity index (χ1v) is 11.6. The van der Waals surface area contributed by atoms with Gasteiger partial charge in [-0.3, -0.25) is 14.4 Å². The summed E-state index contributed by atoms with van der Waals surface area (Å²) in [6, 6.07) is 12.7. The number of halogens is 3. The molecule has 0 saturated heterocycles. The van der Waals surface area contributed by atoms with Crippen molar-refractivity contribution in [3.8, 4) is 6.07 Å². The van der Waals surface area contributed by atoms with Crippen molar-refractivity contribution in [3.05, 3.63) is 73.9 Å². The maximum absolute atomic E-state index is 13.3. The van der Waals surface area contributed by atoms with E-state index in [2.05, 4.69) is 32.6 Å². The molecule has 2 aromatic carbocycles. The average Bonchev–Trinajstić information content (AvgIpc) is 2.79. The van der Waals surface area contributed by atoms with Crippen molar-refractivity contribution < 1.29 is 23.5 Å². The fourth-order valence-corrected chi connectivity index (χ4v) is 4.73. The Morgan fingerprint density at radius 1 is 1.33 bits per heavy atom. The molecule has 2 N–H and O–H groups in total. The SMILES string of the molecule is COC(=O)[C@@H]1C(=O)NC(SCC(=O)Nc2ccc(F)c(Cl)c2)=C(C#N)[C@H]1c1cccc(Br)c1. The van der Waals surface area contributed by atoms with Crippen LogP contribution in [0.15, 0.2) is 57.5 Å². The third-order valence-corrected chi connectivity index (χ3v) is 6.54. The zero-order chi connectivity index (χ0) is 24.1. The van der Waals surface area contributed by atoms with Gasteiger partial charge in [-0.25, -0.2) is 4.39 Å². The van der Waals surface area contributed by atoms with Gasteiger partial charge in [0.15, 0.2) is 0 Å². The van der Waals surface area contributed by atoms with Crippen molar-refractivity contribution in [2.45, 2.75) is 5.92 Å². The molecule has 0 radical (unpaired) electrons. The molecule has 2 amide bonds. The second kappa shape index (κ2) is 10.8. The van der Waals surface area contributed by atoms with Gasteiger partial charge in [0, 0.05) is 16.1 Å². The number of carbonyl (C=O) groups excluding carboxylic acids is 3. The highest BCUT2D eigenvalue weighted by Gasteiger charge is 2.44. The van der Waals surface area contributed by atoms with Gasteiger partial charge in [-0.1, -0.05) is 51.4 Å². The minimum atomic E-state index is -1.27. The number of amides is 2. The summed E-state index contributed by atoms with van der Waals surface area (Å²) in [5.74, 6) is -4.82. The molecular weight excluding hydrogens is 537 g/mol. The molecule has 0 spiro atoms. The summed E-state index contributed by atoms with van der Waals surface area (Å²) in [6.45, 7) is 0. The first kappa shape index (κ1) is 24.8. The molecule has 2 aromatic rings. The third kappa shape index (κ3) is 5.74. The molecule has 33 heavy (non-hydrogen) atoms. The van der Waals surface area contributed by atoms with Gasteiger partial charge >= 0.3 is 5.97 Å². The number of rotatable bonds is 6. The average molecular weight is 553 g/mol. The fraction of sp³-hybridized carbons (Fsp3) is 0.182. The molecule has 0 aliphatic carbocycles. The van der Waals surface area contributed by atoms with Gasteiger partial charge in [0.2, 0.25) is 11.8 Å². The lowest BCUT2D eigenvalue weighted by molar-refractivity contribution is -0.150. The summed E-state index contributed by atoms with van der Waals surface area (Å²) in [4.78, 5) is 37.6. The van der Waals surface area contributed by atoms with Crippen molar-refractivity contribution in [3.63, 3.8) is 0 Å². The van der Waals surface area contributed by atoms with Crippen LogP contribution in [0.25, 0.3) is 0 Å². The van der Waals surface area contributed by atoms with E-state index in [1.807, 2.05) is 0 Å². The summed E-state index contributed by atoms with van der Waals surface area (Å²) in [6.07, 6.45) is 0. The zero-order valence-electron chi connectivity index (χ0n) is 17.0. The second-order valence-electron chi connectivity index (χ2n) is 6.84. The third-order valence-electron chi connectivity index (χ3n) is 4.74. The van der Waals surface area contributed by atoms with Crippen LogP contribution in [-0.4, -0.2) is 30.6 Å². The first-order valence-electron chi connectivity index (χ1n) is 9.41. The van der Waals surface area contributed by atoms with Gasteiger partial charge in [0.05, 0.1) is 34.6 Å². The molecule has 0 bridgehead atoms. The van der Waals surface area contributed by atoms with Crippen molar-refractivity contribution in [1.82, 2.24) is 5.32 Å². The van der Waals surface area contributed by atoms with Crippen LogP contribution in [-0.2, 0) is 19.1 Å². The summed E-state index contributed by atoms with van der Waals surface area (Å²) in [5, 5.41) is 15.0. The topological polar surface area (TPSA) is 108 Å². The van der Waals surface area contributed by atoms with Gasteiger partial charge in [0.1, 0.15) is 11.7 Å². The molecule has 0 saturated carbocycles. The number of nitrogens with one attached hydrogen (secondary N) is 2. The second-order valence-corrected chi connectivity index (χ2v) is 9.15. The molecule has 7 nitrogen and oxygen atoms in total. The van der Waals surface area contributed by atoms with E-state index in [0.717, 1.165) is 17.8 Å². The Labute approximate surface area is 206 Å². The van der Waals surface area contributed by atoms with Gasteiger partial charge < -0.3 is 15.4 Å². The lowest BCUT2D eigenvalue weighted by Crippen LogP contribution is -2.44. The van der Waals surface area contributed by atoms with E-state index >= 15 is 0 Å². The van der Waals surface area contributed by atoms with Crippen molar-refractivity contribution in [2.24, 2.45) is 5.92 Å². The summed E-state index contributed by atoms with van der Waals surface area (Å²) in [5.41, 5.74) is 0.993. The number of carbonyl (C=O) groups is 3. The largest absolute Gasteiger partial charge is 0.468 e. The number of ether oxygens (including phenoxy) is 1. The number of anilines is 1. The Hall–Kier alpha value is -2.87. The van der Waals surface area contributed by atoms with Crippen LogP contribution in [0.1, 0.15) is 11.5 Å². The normalized spacial score (nSPS) is 17.7. The molecule has 3 rings (SSSR count). The summed E-state index contributed by atoms with van der Waals surface area (Å²) >= 11 is 10.0. The number of benzene rings is 2. The predicted octanol–water partition coefficient (Wildman–Crippen LogP) is 4.35. The number of esters is 1. The zero-order valence-corrected chi connectivity index (χ0v) is 20.2. The van der Waals surface area contributed by atoms with Crippen LogP contribution >= 0.6 is 39.3 Å². The lowest BCUT2D eigenvalue weighted by atomic mass is 9.78. The van der Waals surface area contributed by atoms with Crippen LogP contribution in [0.3, 0.4) is 0 Å². The quantitative estimate of drug-likeness (QED) is 0.407.